The van der Waals surface area contributed by atoms with Crippen LogP contribution >= 0.6 is 0 Å². The summed E-state index contributed by atoms with van der Waals surface area (Å²) in [5, 5.41) is 0. The minimum Gasteiger partial charge on any atom is -0.497 e. The molecule has 0 unspecified atom stereocenters. The lowest BCUT2D eigenvalue weighted by Gasteiger charge is -2.50. The molecule has 2 aromatic carbocycles. The molecule has 0 spiro atoms. The molecule has 4 rings (SSSR count). The fourth-order valence-corrected chi connectivity index (χ4v) is 4.68. The highest BCUT2D eigenvalue weighted by molar-refractivity contribution is 5.79. The standard InChI is InChI=1S/C24H30N2O3/c1-28-22-9-7-20(8-10-22)19-23(27)25-13-11-24(12-14-25,21-5-3-2-4-6-21)26-15-17-29-18-16-26/h2-10H,11-19H2,1H3. The number of ether oxygens (including phenoxy) is 2. The van der Waals surface area contributed by atoms with Crippen molar-refractivity contribution in [2.45, 2.75) is 24.8 Å². The summed E-state index contributed by atoms with van der Waals surface area (Å²) in [7, 11) is 1.65. The molecule has 0 radical (unpaired) electrons. The second-order valence-corrected chi connectivity index (χ2v) is 7.90. The number of benzene rings is 2. The molecule has 2 aliphatic rings. The third-order valence-electron chi connectivity index (χ3n) is 6.39. The minimum atomic E-state index is 0.00192. The van der Waals surface area contributed by atoms with Crippen LogP contribution in [0.1, 0.15) is 24.0 Å². The van der Waals surface area contributed by atoms with Crippen LogP contribution in [0.5, 0.6) is 5.75 Å². The maximum absolute atomic E-state index is 12.9. The third kappa shape index (κ3) is 4.31. The monoisotopic (exact) mass is 394 g/mol. The molecule has 29 heavy (non-hydrogen) atoms. The second kappa shape index (κ2) is 8.97. The Hall–Kier alpha value is -2.37. The van der Waals surface area contributed by atoms with E-state index < -0.39 is 0 Å². The van der Waals surface area contributed by atoms with Crippen molar-refractivity contribution in [3.8, 4) is 5.75 Å². The van der Waals surface area contributed by atoms with Crippen LogP contribution in [0.3, 0.4) is 0 Å². The van der Waals surface area contributed by atoms with Gasteiger partial charge in [-0.2, -0.15) is 0 Å². The average Bonchev–Trinajstić information content (AvgIpc) is 2.81. The highest BCUT2D eigenvalue weighted by atomic mass is 16.5. The summed E-state index contributed by atoms with van der Waals surface area (Å²) in [6.07, 6.45) is 2.37. The van der Waals surface area contributed by atoms with E-state index in [1.54, 1.807) is 7.11 Å². The Kier molecular flexibility index (Phi) is 6.16. The Bertz CT molecular complexity index is 793. The lowest BCUT2D eigenvalue weighted by molar-refractivity contribution is -0.134. The van der Waals surface area contributed by atoms with Gasteiger partial charge < -0.3 is 14.4 Å². The molecule has 2 heterocycles. The molecule has 0 bridgehead atoms. The van der Waals surface area contributed by atoms with Crippen LogP contribution in [0.25, 0.3) is 0 Å². The number of likely N-dealkylation sites (tertiary alicyclic amines) is 1. The first-order chi connectivity index (χ1) is 14.2. The van der Waals surface area contributed by atoms with Crippen LogP contribution in [-0.2, 0) is 21.5 Å². The van der Waals surface area contributed by atoms with Crippen LogP contribution in [0.4, 0.5) is 0 Å². The van der Waals surface area contributed by atoms with Gasteiger partial charge in [-0.1, -0.05) is 42.5 Å². The van der Waals surface area contributed by atoms with Crippen LogP contribution in [0.2, 0.25) is 0 Å². The third-order valence-corrected chi connectivity index (χ3v) is 6.39. The van der Waals surface area contributed by atoms with Gasteiger partial charge in [0.05, 0.1) is 26.7 Å². The van der Waals surface area contributed by atoms with Crippen molar-refractivity contribution < 1.29 is 14.3 Å². The zero-order valence-electron chi connectivity index (χ0n) is 17.2. The molecule has 0 atom stereocenters. The Labute approximate surface area is 173 Å². The topological polar surface area (TPSA) is 42.0 Å². The first kappa shape index (κ1) is 19.9. The van der Waals surface area contributed by atoms with Crippen LogP contribution in [0, 0.1) is 0 Å². The predicted molar refractivity (Wildman–Crippen MR) is 113 cm³/mol. The maximum atomic E-state index is 12.9. The summed E-state index contributed by atoms with van der Waals surface area (Å²) in [6, 6.07) is 18.6. The van der Waals surface area contributed by atoms with Gasteiger partial charge in [-0.15, -0.1) is 0 Å². The molecule has 0 aliphatic carbocycles. The summed E-state index contributed by atoms with van der Waals surface area (Å²) < 4.78 is 10.8. The highest BCUT2D eigenvalue weighted by Crippen LogP contribution is 2.39. The number of carbonyl (C=O) groups excluding carboxylic acids is 1. The summed E-state index contributed by atoms with van der Waals surface area (Å²) in [5.74, 6) is 1.02. The number of rotatable bonds is 5. The first-order valence-electron chi connectivity index (χ1n) is 10.5. The van der Waals surface area contributed by atoms with E-state index in [2.05, 4.69) is 35.2 Å². The highest BCUT2D eigenvalue weighted by Gasteiger charge is 2.42. The Morgan fingerprint density at radius 3 is 2.24 bits per heavy atom. The number of hydrogen-bond donors (Lipinski definition) is 0. The maximum Gasteiger partial charge on any atom is 0.226 e. The quantitative estimate of drug-likeness (QED) is 0.782. The number of hydrogen-bond acceptors (Lipinski definition) is 4. The van der Waals surface area contributed by atoms with Crippen LogP contribution < -0.4 is 4.74 Å². The molecule has 2 aromatic rings. The zero-order valence-corrected chi connectivity index (χ0v) is 17.2. The SMILES string of the molecule is COc1ccc(CC(=O)N2CCC(c3ccccc3)(N3CCOCC3)CC2)cc1. The summed E-state index contributed by atoms with van der Waals surface area (Å²) in [4.78, 5) is 17.5. The van der Waals surface area contributed by atoms with E-state index >= 15 is 0 Å². The second-order valence-electron chi connectivity index (χ2n) is 7.90. The molecule has 0 aromatic heterocycles. The van der Waals surface area contributed by atoms with Crippen LogP contribution in [0.15, 0.2) is 54.6 Å². The van der Waals surface area contributed by atoms with Gasteiger partial charge in [0.2, 0.25) is 5.91 Å². The minimum absolute atomic E-state index is 0.00192. The normalized spacial score (nSPS) is 19.7. The molecule has 2 aliphatic heterocycles. The van der Waals surface area contributed by atoms with E-state index in [0.717, 1.165) is 63.5 Å². The van der Waals surface area contributed by atoms with Gasteiger partial charge in [0, 0.05) is 31.7 Å². The Balaban J connectivity index is 1.45. The Morgan fingerprint density at radius 1 is 0.966 bits per heavy atom. The largest absolute Gasteiger partial charge is 0.497 e. The van der Waals surface area contributed by atoms with Gasteiger partial charge in [0.15, 0.2) is 0 Å². The molecular formula is C24H30N2O3. The summed E-state index contributed by atoms with van der Waals surface area (Å²) >= 11 is 0. The van der Waals surface area contributed by atoms with Gasteiger partial charge in [0.1, 0.15) is 5.75 Å². The van der Waals surface area contributed by atoms with Crippen molar-refractivity contribution in [2.24, 2.45) is 0 Å². The van der Waals surface area contributed by atoms with Gasteiger partial charge in [-0.3, -0.25) is 9.69 Å². The number of piperidine rings is 1. The molecule has 1 amide bonds. The molecule has 154 valence electrons. The van der Waals surface area contributed by atoms with E-state index in [1.807, 2.05) is 29.2 Å². The molecule has 5 nitrogen and oxygen atoms in total. The van der Waals surface area contributed by atoms with E-state index in [4.69, 9.17) is 9.47 Å². The van der Waals surface area contributed by atoms with Crippen molar-refractivity contribution in [2.75, 3.05) is 46.5 Å². The van der Waals surface area contributed by atoms with Crippen molar-refractivity contribution in [1.29, 1.82) is 0 Å². The number of carbonyl (C=O) groups is 1. The van der Waals surface area contributed by atoms with Gasteiger partial charge in [0.25, 0.3) is 0 Å². The first-order valence-corrected chi connectivity index (χ1v) is 10.5. The fourth-order valence-electron chi connectivity index (χ4n) is 4.68. The van der Waals surface area contributed by atoms with Crippen molar-refractivity contribution in [3.05, 3.63) is 65.7 Å². The molecule has 0 saturated carbocycles. The number of nitrogens with zero attached hydrogens (tertiary/aromatic N) is 2. The average molecular weight is 395 g/mol. The van der Waals surface area contributed by atoms with Gasteiger partial charge in [-0.25, -0.2) is 0 Å². The number of morpholine rings is 1. The summed E-state index contributed by atoms with van der Waals surface area (Å²) in [6.45, 7) is 5.06. The molecule has 0 N–H and O–H groups in total. The van der Waals surface area contributed by atoms with Gasteiger partial charge in [-0.05, 0) is 36.1 Å². The molecule has 2 fully saturated rings. The molecule has 5 heteroatoms. The van der Waals surface area contributed by atoms with E-state index in [1.165, 1.54) is 5.56 Å². The molecular weight excluding hydrogens is 364 g/mol. The lowest BCUT2D eigenvalue weighted by Crippen LogP contribution is -2.57. The zero-order chi connectivity index (χ0) is 20.1. The van der Waals surface area contributed by atoms with E-state index in [0.29, 0.717) is 6.42 Å². The fraction of sp³-hybridized carbons (Fsp3) is 0.458. The molecule has 2 saturated heterocycles. The van der Waals surface area contributed by atoms with Crippen molar-refractivity contribution in [1.82, 2.24) is 9.80 Å². The summed E-state index contributed by atoms with van der Waals surface area (Å²) in [5.41, 5.74) is 2.40. The Morgan fingerprint density at radius 2 is 1.62 bits per heavy atom. The van der Waals surface area contributed by atoms with E-state index in [9.17, 15) is 4.79 Å². The number of methoxy groups -OCH3 is 1. The van der Waals surface area contributed by atoms with Gasteiger partial charge >= 0.3 is 0 Å². The van der Waals surface area contributed by atoms with Crippen molar-refractivity contribution in [3.63, 3.8) is 0 Å². The van der Waals surface area contributed by atoms with E-state index in [-0.39, 0.29) is 11.4 Å². The smallest absolute Gasteiger partial charge is 0.226 e. The van der Waals surface area contributed by atoms with Crippen LogP contribution in [-0.4, -0.2) is 62.2 Å². The predicted octanol–water partition coefficient (Wildman–Crippen LogP) is 3.09. The number of amides is 1. The lowest BCUT2D eigenvalue weighted by atomic mass is 9.79. The van der Waals surface area contributed by atoms with Crippen molar-refractivity contribution >= 4 is 5.91 Å².